The predicted octanol–water partition coefficient (Wildman–Crippen LogP) is 2.94. The lowest BCUT2D eigenvalue weighted by Gasteiger charge is -2.24. The Morgan fingerprint density at radius 3 is 2.57 bits per heavy atom. The van der Waals surface area contributed by atoms with Crippen molar-refractivity contribution in [1.82, 2.24) is 0 Å². The molecule has 1 aromatic rings. The van der Waals surface area contributed by atoms with E-state index in [4.69, 9.17) is 9.47 Å². The highest BCUT2D eigenvalue weighted by molar-refractivity contribution is 5.92. The molecule has 1 atom stereocenters. The monoisotopic (exact) mass is 389 g/mol. The van der Waals surface area contributed by atoms with E-state index >= 15 is 0 Å². The SMILES string of the molecule is O=C1OC(CO)(COC(=O)c2ccc([N+](=O)[O-])cc2)C/C1=C\C1CCCCC1. The van der Waals surface area contributed by atoms with Gasteiger partial charge in [-0.05, 0) is 30.9 Å². The summed E-state index contributed by atoms with van der Waals surface area (Å²) in [5, 5.41) is 20.4. The van der Waals surface area contributed by atoms with Crippen LogP contribution in [0.1, 0.15) is 48.9 Å². The molecule has 1 saturated carbocycles. The molecule has 8 heteroatoms. The topological polar surface area (TPSA) is 116 Å². The van der Waals surface area contributed by atoms with Crippen molar-refractivity contribution in [3.8, 4) is 0 Å². The second-order valence-corrected chi connectivity index (χ2v) is 7.38. The number of nitro benzene ring substituents is 1. The number of rotatable bonds is 6. The van der Waals surface area contributed by atoms with E-state index in [0.717, 1.165) is 25.7 Å². The molecule has 1 aromatic carbocycles. The van der Waals surface area contributed by atoms with E-state index in [1.54, 1.807) is 0 Å². The van der Waals surface area contributed by atoms with Crippen LogP contribution in [0.5, 0.6) is 0 Å². The highest BCUT2D eigenvalue weighted by Crippen LogP contribution is 2.34. The number of non-ortho nitro benzene ring substituents is 1. The largest absolute Gasteiger partial charge is 0.458 e. The van der Waals surface area contributed by atoms with Gasteiger partial charge >= 0.3 is 11.9 Å². The van der Waals surface area contributed by atoms with Gasteiger partial charge in [0.15, 0.2) is 5.60 Å². The van der Waals surface area contributed by atoms with Gasteiger partial charge in [0, 0.05) is 24.1 Å². The number of hydrogen-bond donors (Lipinski definition) is 1. The quantitative estimate of drug-likeness (QED) is 0.344. The maximum atomic E-state index is 12.2. The highest BCUT2D eigenvalue weighted by atomic mass is 16.6. The van der Waals surface area contributed by atoms with Crippen LogP contribution in [0.3, 0.4) is 0 Å². The van der Waals surface area contributed by atoms with E-state index in [1.807, 2.05) is 6.08 Å². The number of allylic oxidation sites excluding steroid dienone is 1. The van der Waals surface area contributed by atoms with Crippen LogP contribution in [0.25, 0.3) is 0 Å². The maximum absolute atomic E-state index is 12.2. The smallest absolute Gasteiger partial charge is 0.338 e. The van der Waals surface area contributed by atoms with Gasteiger partial charge in [0.05, 0.1) is 17.1 Å². The number of esters is 2. The molecule has 1 heterocycles. The first-order valence-electron chi connectivity index (χ1n) is 9.39. The van der Waals surface area contributed by atoms with E-state index in [-0.39, 0.29) is 24.3 Å². The van der Waals surface area contributed by atoms with Crippen LogP contribution < -0.4 is 0 Å². The summed E-state index contributed by atoms with van der Waals surface area (Å²) in [5.74, 6) is -0.844. The molecule has 1 saturated heterocycles. The Balaban J connectivity index is 1.63. The van der Waals surface area contributed by atoms with Gasteiger partial charge in [-0.1, -0.05) is 25.3 Å². The van der Waals surface area contributed by atoms with Crippen LogP contribution in [0, 0.1) is 16.0 Å². The van der Waals surface area contributed by atoms with Crippen molar-refractivity contribution >= 4 is 17.6 Å². The van der Waals surface area contributed by atoms with Crippen molar-refractivity contribution in [3.63, 3.8) is 0 Å². The number of carbonyl (C=O) groups excluding carboxylic acids is 2. The summed E-state index contributed by atoms with van der Waals surface area (Å²) in [6, 6.07) is 5.00. The summed E-state index contributed by atoms with van der Waals surface area (Å²) >= 11 is 0. The lowest BCUT2D eigenvalue weighted by Crippen LogP contribution is -2.39. The third-order valence-corrected chi connectivity index (χ3v) is 5.24. The van der Waals surface area contributed by atoms with E-state index < -0.39 is 29.1 Å². The molecule has 0 amide bonds. The van der Waals surface area contributed by atoms with Crippen LogP contribution in [0.15, 0.2) is 35.9 Å². The van der Waals surface area contributed by atoms with Gasteiger partial charge in [-0.15, -0.1) is 0 Å². The second kappa shape index (κ2) is 8.52. The van der Waals surface area contributed by atoms with E-state index in [9.17, 15) is 24.8 Å². The van der Waals surface area contributed by atoms with Gasteiger partial charge < -0.3 is 14.6 Å². The summed E-state index contributed by atoms with van der Waals surface area (Å²) in [7, 11) is 0. The number of aliphatic hydroxyl groups is 1. The minimum Gasteiger partial charge on any atom is -0.458 e. The van der Waals surface area contributed by atoms with Crippen LogP contribution >= 0.6 is 0 Å². The molecule has 1 aliphatic carbocycles. The Morgan fingerprint density at radius 2 is 1.96 bits per heavy atom. The molecule has 0 bridgehead atoms. The maximum Gasteiger partial charge on any atom is 0.338 e. The normalized spacial score (nSPS) is 24.2. The zero-order chi connectivity index (χ0) is 20.1. The Kier molecular flexibility index (Phi) is 6.08. The van der Waals surface area contributed by atoms with Gasteiger partial charge in [-0.2, -0.15) is 0 Å². The van der Waals surface area contributed by atoms with Crippen molar-refractivity contribution in [2.45, 2.75) is 44.1 Å². The third-order valence-electron chi connectivity index (χ3n) is 5.24. The number of hydrogen-bond acceptors (Lipinski definition) is 7. The number of cyclic esters (lactones) is 1. The number of nitro groups is 1. The Labute approximate surface area is 162 Å². The first-order chi connectivity index (χ1) is 13.4. The van der Waals surface area contributed by atoms with Crippen molar-refractivity contribution < 1.29 is 29.1 Å². The second-order valence-electron chi connectivity index (χ2n) is 7.38. The number of benzene rings is 1. The van der Waals surface area contributed by atoms with E-state index in [0.29, 0.717) is 11.5 Å². The summed E-state index contributed by atoms with van der Waals surface area (Å²) in [5.41, 5.74) is -0.757. The first kappa shape index (κ1) is 20.0. The van der Waals surface area contributed by atoms with Gasteiger partial charge in [0.25, 0.3) is 5.69 Å². The molecule has 0 spiro atoms. The average Bonchev–Trinajstić information content (AvgIpc) is 3.03. The Hall–Kier alpha value is -2.74. The molecule has 8 nitrogen and oxygen atoms in total. The van der Waals surface area contributed by atoms with Gasteiger partial charge in [-0.25, -0.2) is 9.59 Å². The fourth-order valence-corrected chi connectivity index (χ4v) is 3.64. The molecular weight excluding hydrogens is 366 g/mol. The molecule has 2 aliphatic rings. The summed E-state index contributed by atoms with van der Waals surface area (Å²) in [6.07, 6.45) is 7.70. The highest BCUT2D eigenvalue weighted by Gasteiger charge is 2.44. The number of aliphatic hydroxyl groups excluding tert-OH is 1. The standard InChI is InChI=1S/C20H23NO7/c22-12-20(11-16(19(24)28-20)10-14-4-2-1-3-5-14)13-27-18(23)15-6-8-17(9-7-15)21(25)26/h6-10,14,22H,1-5,11-13H2/b16-10+. The third kappa shape index (κ3) is 4.56. The first-order valence-corrected chi connectivity index (χ1v) is 9.39. The molecule has 150 valence electrons. The van der Waals surface area contributed by atoms with Crippen molar-refractivity contribution in [3.05, 3.63) is 51.6 Å². The predicted molar refractivity (Wildman–Crippen MR) is 98.6 cm³/mol. The molecular formula is C20H23NO7. The van der Waals surface area contributed by atoms with Crippen LogP contribution in [-0.2, 0) is 14.3 Å². The Bertz CT molecular complexity index is 780. The molecule has 3 rings (SSSR count). The van der Waals surface area contributed by atoms with Crippen LogP contribution in [0.2, 0.25) is 0 Å². The van der Waals surface area contributed by atoms with E-state index in [2.05, 4.69) is 0 Å². The lowest BCUT2D eigenvalue weighted by molar-refractivity contribution is -0.384. The van der Waals surface area contributed by atoms with Crippen molar-refractivity contribution in [1.29, 1.82) is 0 Å². The van der Waals surface area contributed by atoms with E-state index in [1.165, 1.54) is 30.7 Å². The summed E-state index contributed by atoms with van der Waals surface area (Å²) in [4.78, 5) is 34.5. The molecule has 1 aliphatic heterocycles. The zero-order valence-electron chi connectivity index (χ0n) is 15.5. The molecule has 0 radical (unpaired) electrons. The average molecular weight is 389 g/mol. The zero-order valence-corrected chi connectivity index (χ0v) is 15.5. The van der Waals surface area contributed by atoms with Crippen LogP contribution in [-0.4, -0.2) is 40.8 Å². The Morgan fingerprint density at radius 1 is 1.29 bits per heavy atom. The van der Waals surface area contributed by atoms with Crippen molar-refractivity contribution in [2.75, 3.05) is 13.2 Å². The number of nitrogens with zero attached hydrogens (tertiary/aromatic N) is 1. The van der Waals surface area contributed by atoms with Gasteiger partial charge in [0.2, 0.25) is 0 Å². The van der Waals surface area contributed by atoms with Crippen LogP contribution in [0.4, 0.5) is 5.69 Å². The van der Waals surface area contributed by atoms with Gasteiger partial charge in [0.1, 0.15) is 6.61 Å². The molecule has 28 heavy (non-hydrogen) atoms. The minimum absolute atomic E-state index is 0.134. The molecule has 1 unspecified atom stereocenters. The van der Waals surface area contributed by atoms with Crippen molar-refractivity contribution in [2.24, 2.45) is 5.92 Å². The molecule has 1 N–H and O–H groups in total. The molecule has 0 aromatic heterocycles. The molecule has 2 fully saturated rings. The fourth-order valence-electron chi connectivity index (χ4n) is 3.64. The fraction of sp³-hybridized carbons (Fsp3) is 0.500. The summed E-state index contributed by atoms with van der Waals surface area (Å²) < 4.78 is 10.6. The number of ether oxygens (including phenoxy) is 2. The summed E-state index contributed by atoms with van der Waals surface area (Å²) in [6.45, 7) is -0.749. The lowest BCUT2D eigenvalue weighted by atomic mass is 9.86. The van der Waals surface area contributed by atoms with Gasteiger partial charge in [-0.3, -0.25) is 10.1 Å². The number of carbonyl (C=O) groups is 2. The minimum atomic E-state index is -1.28.